The van der Waals surface area contributed by atoms with Gasteiger partial charge in [-0.05, 0) is 55.3 Å². The Morgan fingerprint density at radius 2 is 2.00 bits per heavy atom. The lowest BCUT2D eigenvalue weighted by molar-refractivity contribution is 0.170. The molecule has 1 fully saturated rings. The van der Waals surface area contributed by atoms with Crippen LogP contribution in [0.5, 0.6) is 17.2 Å². The molecule has 0 amide bonds. The van der Waals surface area contributed by atoms with Crippen LogP contribution in [0.2, 0.25) is 0 Å². The van der Waals surface area contributed by atoms with E-state index < -0.39 is 0 Å². The molecular formula is C21H22N2O3. The highest BCUT2D eigenvalue weighted by molar-refractivity contribution is 5.45. The third-order valence-electron chi connectivity index (χ3n) is 4.93. The molecule has 2 aliphatic rings. The summed E-state index contributed by atoms with van der Waals surface area (Å²) in [7, 11) is 0. The standard InChI is InChI=1S/C21H22N2O3/c22-15-16-3-1-4-18(13-16)24-10-9-23-8-2-5-19(23)17-6-7-20-21(14-17)26-12-11-25-20/h1,3-4,6-7,13-14,19H,2,5,8-12H2. The molecule has 26 heavy (non-hydrogen) atoms. The molecule has 0 radical (unpaired) electrons. The summed E-state index contributed by atoms with van der Waals surface area (Å²) in [5, 5.41) is 8.97. The number of hydrogen-bond donors (Lipinski definition) is 0. The normalized spacial score (nSPS) is 19.1. The predicted molar refractivity (Wildman–Crippen MR) is 97.6 cm³/mol. The number of benzene rings is 2. The fraction of sp³-hybridized carbons (Fsp3) is 0.381. The highest BCUT2D eigenvalue weighted by Gasteiger charge is 2.27. The smallest absolute Gasteiger partial charge is 0.161 e. The second-order valence-electron chi connectivity index (χ2n) is 6.59. The fourth-order valence-corrected chi connectivity index (χ4v) is 3.67. The lowest BCUT2D eigenvalue weighted by Crippen LogP contribution is -2.28. The zero-order valence-corrected chi connectivity index (χ0v) is 14.7. The average Bonchev–Trinajstić information content (AvgIpc) is 3.16. The van der Waals surface area contributed by atoms with Crippen LogP contribution in [0.4, 0.5) is 0 Å². The monoisotopic (exact) mass is 350 g/mol. The van der Waals surface area contributed by atoms with E-state index >= 15 is 0 Å². The van der Waals surface area contributed by atoms with Crippen LogP contribution < -0.4 is 14.2 Å². The zero-order valence-electron chi connectivity index (χ0n) is 14.7. The number of nitriles is 1. The molecule has 2 aromatic carbocycles. The predicted octanol–water partition coefficient (Wildman–Crippen LogP) is 3.55. The highest BCUT2D eigenvalue weighted by Crippen LogP contribution is 2.37. The zero-order chi connectivity index (χ0) is 17.8. The van der Waals surface area contributed by atoms with Crippen LogP contribution in [-0.4, -0.2) is 37.8 Å². The Labute approximate surface area is 153 Å². The van der Waals surface area contributed by atoms with Gasteiger partial charge >= 0.3 is 0 Å². The van der Waals surface area contributed by atoms with Crippen molar-refractivity contribution >= 4 is 0 Å². The lowest BCUT2D eigenvalue weighted by atomic mass is 10.0. The molecule has 2 aromatic rings. The maximum atomic E-state index is 8.97. The first-order valence-electron chi connectivity index (χ1n) is 9.10. The Hall–Kier alpha value is -2.71. The third kappa shape index (κ3) is 3.61. The minimum atomic E-state index is 0.389. The Morgan fingerprint density at radius 3 is 2.88 bits per heavy atom. The van der Waals surface area contributed by atoms with Gasteiger partial charge in [-0.2, -0.15) is 5.26 Å². The molecule has 1 atom stereocenters. The van der Waals surface area contributed by atoms with Gasteiger partial charge in [0.25, 0.3) is 0 Å². The first-order valence-corrected chi connectivity index (χ1v) is 9.10. The molecule has 0 bridgehead atoms. The number of nitrogens with zero attached hydrogens (tertiary/aromatic N) is 2. The van der Waals surface area contributed by atoms with Gasteiger partial charge in [0.15, 0.2) is 11.5 Å². The molecule has 2 heterocycles. The van der Waals surface area contributed by atoms with Gasteiger partial charge in [-0.25, -0.2) is 0 Å². The van der Waals surface area contributed by atoms with Crippen LogP contribution >= 0.6 is 0 Å². The number of rotatable bonds is 5. The summed E-state index contributed by atoms with van der Waals surface area (Å²) in [6.07, 6.45) is 2.33. The second-order valence-corrected chi connectivity index (χ2v) is 6.59. The van der Waals surface area contributed by atoms with Crippen LogP contribution in [0.1, 0.15) is 30.0 Å². The van der Waals surface area contributed by atoms with Crippen LogP contribution in [0.25, 0.3) is 0 Å². The Kier molecular flexibility index (Phi) is 4.94. The summed E-state index contributed by atoms with van der Waals surface area (Å²) in [5.74, 6) is 2.44. The number of likely N-dealkylation sites (tertiary alicyclic amines) is 1. The van der Waals surface area contributed by atoms with Gasteiger partial charge in [-0.15, -0.1) is 0 Å². The summed E-state index contributed by atoms with van der Waals surface area (Å²) in [4.78, 5) is 2.46. The molecule has 0 aromatic heterocycles. The molecule has 0 spiro atoms. The molecule has 5 nitrogen and oxygen atoms in total. The topological polar surface area (TPSA) is 54.7 Å². The Morgan fingerprint density at radius 1 is 1.12 bits per heavy atom. The van der Waals surface area contributed by atoms with Gasteiger partial charge in [0.05, 0.1) is 11.6 Å². The van der Waals surface area contributed by atoms with Crippen LogP contribution in [0, 0.1) is 11.3 Å². The van der Waals surface area contributed by atoms with Crippen molar-refractivity contribution in [1.82, 2.24) is 4.90 Å². The Balaban J connectivity index is 1.38. The van der Waals surface area contributed by atoms with E-state index in [0.29, 0.717) is 31.4 Å². The van der Waals surface area contributed by atoms with Crippen molar-refractivity contribution in [3.8, 4) is 23.3 Å². The van der Waals surface area contributed by atoms with E-state index in [1.54, 1.807) is 12.1 Å². The van der Waals surface area contributed by atoms with E-state index in [0.717, 1.165) is 36.8 Å². The van der Waals surface area contributed by atoms with Crippen LogP contribution in [0.15, 0.2) is 42.5 Å². The van der Waals surface area contributed by atoms with Crippen LogP contribution in [0.3, 0.4) is 0 Å². The van der Waals surface area contributed by atoms with Crippen molar-refractivity contribution in [3.05, 3.63) is 53.6 Å². The van der Waals surface area contributed by atoms with Crippen molar-refractivity contribution in [2.24, 2.45) is 0 Å². The number of hydrogen-bond acceptors (Lipinski definition) is 5. The molecular weight excluding hydrogens is 328 g/mol. The van der Waals surface area contributed by atoms with E-state index in [1.165, 1.54) is 12.0 Å². The Bertz CT molecular complexity index is 815. The SMILES string of the molecule is N#Cc1cccc(OCCN2CCCC2c2ccc3c(c2)OCCO3)c1. The second kappa shape index (κ2) is 7.67. The number of fused-ring (bicyclic) bond motifs is 1. The van der Waals surface area contributed by atoms with Crippen LogP contribution in [-0.2, 0) is 0 Å². The van der Waals surface area contributed by atoms with E-state index in [9.17, 15) is 0 Å². The first-order chi connectivity index (χ1) is 12.8. The van der Waals surface area contributed by atoms with Gasteiger partial charge < -0.3 is 14.2 Å². The quantitative estimate of drug-likeness (QED) is 0.825. The van der Waals surface area contributed by atoms with E-state index in [-0.39, 0.29) is 0 Å². The van der Waals surface area contributed by atoms with Crippen molar-refractivity contribution in [3.63, 3.8) is 0 Å². The lowest BCUT2D eigenvalue weighted by Gasteiger charge is -2.26. The molecule has 0 saturated carbocycles. The maximum absolute atomic E-state index is 8.97. The summed E-state index contributed by atoms with van der Waals surface area (Å²) >= 11 is 0. The summed E-state index contributed by atoms with van der Waals surface area (Å²) in [6.45, 7) is 3.76. The minimum Gasteiger partial charge on any atom is -0.492 e. The highest BCUT2D eigenvalue weighted by atomic mass is 16.6. The number of ether oxygens (including phenoxy) is 3. The molecule has 134 valence electrons. The van der Waals surface area contributed by atoms with Crippen molar-refractivity contribution in [2.75, 3.05) is 32.9 Å². The van der Waals surface area contributed by atoms with E-state index in [1.807, 2.05) is 18.2 Å². The van der Waals surface area contributed by atoms with Gasteiger partial charge in [0.1, 0.15) is 25.6 Å². The van der Waals surface area contributed by atoms with Gasteiger partial charge in [-0.3, -0.25) is 4.90 Å². The minimum absolute atomic E-state index is 0.389. The fourth-order valence-electron chi connectivity index (χ4n) is 3.67. The third-order valence-corrected chi connectivity index (χ3v) is 4.93. The molecule has 0 N–H and O–H groups in total. The molecule has 1 unspecified atom stereocenters. The van der Waals surface area contributed by atoms with Gasteiger partial charge in [0.2, 0.25) is 0 Å². The van der Waals surface area contributed by atoms with Gasteiger partial charge in [0, 0.05) is 12.6 Å². The molecule has 2 aliphatic heterocycles. The maximum Gasteiger partial charge on any atom is 0.161 e. The van der Waals surface area contributed by atoms with Gasteiger partial charge in [-0.1, -0.05) is 12.1 Å². The van der Waals surface area contributed by atoms with E-state index in [4.69, 9.17) is 19.5 Å². The molecule has 4 rings (SSSR count). The molecule has 1 saturated heterocycles. The van der Waals surface area contributed by atoms with Crippen molar-refractivity contribution in [2.45, 2.75) is 18.9 Å². The van der Waals surface area contributed by atoms with Crippen molar-refractivity contribution in [1.29, 1.82) is 5.26 Å². The van der Waals surface area contributed by atoms with E-state index in [2.05, 4.69) is 23.1 Å². The van der Waals surface area contributed by atoms with Crippen molar-refractivity contribution < 1.29 is 14.2 Å². The summed E-state index contributed by atoms with van der Waals surface area (Å²) in [6, 6.07) is 16.1. The molecule has 0 aliphatic carbocycles. The first kappa shape index (κ1) is 16.7. The molecule has 5 heteroatoms. The summed E-state index contributed by atoms with van der Waals surface area (Å²) in [5.41, 5.74) is 1.90. The average molecular weight is 350 g/mol. The largest absolute Gasteiger partial charge is 0.492 e. The summed E-state index contributed by atoms with van der Waals surface area (Å²) < 4.78 is 17.2.